The number of hydrogen-bond donors (Lipinski definition) is 3. The van der Waals surface area contributed by atoms with Crippen LogP contribution in [0.25, 0.3) is 0 Å². The van der Waals surface area contributed by atoms with Crippen molar-refractivity contribution in [2.75, 3.05) is 6.54 Å². The zero-order valence-corrected chi connectivity index (χ0v) is 12.4. The van der Waals surface area contributed by atoms with Crippen LogP contribution in [0, 0.1) is 0 Å². The second-order valence-corrected chi connectivity index (χ2v) is 4.96. The molecular weight excluding hydrogens is 256 g/mol. The van der Waals surface area contributed by atoms with Gasteiger partial charge in [-0.25, -0.2) is 0 Å². The number of carboxylic acids is 1. The molecule has 0 aliphatic heterocycles. The minimum Gasteiger partial charge on any atom is -0.480 e. The van der Waals surface area contributed by atoms with Crippen LogP contribution >= 0.6 is 0 Å². The lowest BCUT2D eigenvalue weighted by atomic mass is 10.1. The van der Waals surface area contributed by atoms with Crippen molar-refractivity contribution in [1.29, 1.82) is 0 Å². The Bertz CT molecular complexity index is 303. The molecule has 5 heteroatoms. The standard InChI is InChI=1S/C15H28N2O3/c1-2-3-4-5-6-7-11-14(18)17-12-9-8-10-13(16)15(19)20/h6-7,13H,2-5,8-12,16H2,1H3,(H,17,18)(H,19,20)/b7-6+/t13-/m0/s1. The third-order valence-corrected chi connectivity index (χ3v) is 3.03. The van der Waals surface area contributed by atoms with Crippen molar-refractivity contribution in [3.8, 4) is 0 Å². The van der Waals surface area contributed by atoms with Crippen molar-refractivity contribution >= 4 is 11.9 Å². The molecule has 0 aromatic rings. The molecule has 0 unspecified atom stereocenters. The van der Waals surface area contributed by atoms with Gasteiger partial charge in [-0.2, -0.15) is 0 Å². The Morgan fingerprint density at radius 2 is 1.95 bits per heavy atom. The molecule has 0 aromatic heterocycles. The number of allylic oxidation sites excluding steroid dienone is 1. The molecule has 0 rings (SSSR count). The highest BCUT2D eigenvalue weighted by atomic mass is 16.4. The van der Waals surface area contributed by atoms with Crippen molar-refractivity contribution in [2.45, 2.75) is 64.3 Å². The molecule has 0 saturated carbocycles. The molecule has 0 aliphatic rings. The van der Waals surface area contributed by atoms with Crippen molar-refractivity contribution < 1.29 is 14.7 Å². The first-order valence-corrected chi connectivity index (χ1v) is 7.48. The normalized spacial score (nSPS) is 12.5. The molecule has 0 fully saturated rings. The second kappa shape index (κ2) is 12.7. The molecule has 0 radical (unpaired) electrons. The predicted octanol–water partition coefficient (Wildman–Crippen LogP) is 2.21. The fourth-order valence-corrected chi connectivity index (χ4v) is 1.73. The van der Waals surface area contributed by atoms with Crippen LogP contribution < -0.4 is 11.1 Å². The van der Waals surface area contributed by atoms with E-state index in [-0.39, 0.29) is 5.91 Å². The number of hydrogen-bond acceptors (Lipinski definition) is 3. The van der Waals surface area contributed by atoms with E-state index >= 15 is 0 Å². The summed E-state index contributed by atoms with van der Waals surface area (Å²) in [6.45, 7) is 2.75. The molecule has 0 aromatic carbocycles. The van der Waals surface area contributed by atoms with Crippen molar-refractivity contribution in [1.82, 2.24) is 5.32 Å². The van der Waals surface area contributed by atoms with Crippen LogP contribution in [0.15, 0.2) is 12.2 Å². The summed E-state index contributed by atoms with van der Waals surface area (Å²) < 4.78 is 0. The summed E-state index contributed by atoms with van der Waals surface area (Å²) in [6.07, 6.45) is 10.9. The third kappa shape index (κ3) is 11.7. The van der Waals surface area contributed by atoms with Crippen LogP contribution in [-0.2, 0) is 9.59 Å². The Hall–Kier alpha value is -1.36. The van der Waals surface area contributed by atoms with Crippen molar-refractivity contribution in [2.24, 2.45) is 5.73 Å². The second-order valence-electron chi connectivity index (χ2n) is 4.96. The van der Waals surface area contributed by atoms with Gasteiger partial charge >= 0.3 is 5.97 Å². The molecule has 0 spiro atoms. The van der Waals surface area contributed by atoms with Gasteiger partial charge in [0.25, 0.3) is 0 Å². The van der Waals surface area contributed by atoms with Gasteiger partial charge in [0.15, 0.2) is 0 Å². The van der Waals surface area contributed by atoms with Gasteiger partial charge in [-0.1, -0.05) is 31.9 Å². The van der Waals surface area contributed by atoms with Gasteiger partial charge in [-0.3, -0.25) is 9.59 Å². The lowest BCUT2D eigenvalue weighted by Crippen LogP contribution is -2.30. The first kappa shape index (κ1) is 18.6. The van der Waals surface area contributed by atoms with E-state index in [0.717, 1.165) is 12.8 Å². The number of unbranched alkanes of at least 4 members (excludes halogenated alkanes) is 4. The van der Waals surface area contributed by atoms with Crippen LogP contribution in [0.4, 0.5) is 0 Å². The molecule has 0 heterocycles. The summed E-state index contributed by atoms with van der Waals surface area (Å²) in [4.78, 5) is 21.9. The number of rotatable bonds is 12. The van der Waals surface area contributed by atoms with E-state index in [1.54, 1.807) is 0 Å². The molecule has 0 bridgehead atoms. The highest BCUT2D eigenvalue weighted by Crippen LogP contribution is 2.00. The van der Waals surface area contributed by atoms with Crippen LogP contribution in [0.2, 0.25) is 0 Å². The Morgan fingerprint density at radius 1 is 1.20 bits per heavy atom. The minimum absolute atomic E-state index is 0.0132. The van der Waals surface area contributed by atoms with Crippen LogP contribution in [-0.4, -0.2) is 29.6 Å². The fraction of sp³-hybridized carbons (Fsp3) is 0.733. The third-order valence-electron chi connectivity index (χ3n) is 3.03. The molecule has 0 saturated heterocycles. The Balaban J connectivity index is 3.43. The molecule has 20 heavy (non-hydrogen) atoms. The summed E-state index contributed by atoms with van der Waals surface area (Å²) in [6, 6.07) is -0.795. The molecule has 0 aliphatic carbocycles. The van der Waals surface area contributed by atoms with E-state index in [1.807, 2.05) is 6.08 Å². The highest BCUT2D eigenvalue weighted by Gasteiger charge is 2.09. The lowest BCUT2D eigenvalue weighted by Gasteiger charge is -2.06. The monoisotopic (exact) mass is 284 g/mol. The first-order valence-electron chi connectivity index (χ1n) is 7.48. The van der Waals surface area contributed by atoms with Gasteiger partial charge in [0, 0.05) is 13.0 Å². The van der Waals surface area contributed by atoms with Crippen LogP contribution in [0.5, 0.6) is 0 Å². The maximum atomic E-state index is 11.5. The first-order chi connectivity index (χ1) is 9.57. The predicted molar refractivity (Wildman–Crippen MR) is 80.4 cm³/mol. The van der Waals surface area contributed by atoms with Gasteiger partial charge in [0.1, 0.15) is 6.04 Å². The number of nitrogens with one attached hydrogen (secondary N) is 1. The molecule has 116 valence electrons. The lowest BCUT2D eigenvalue weighted by molar-refractivity contribution is -0.138. The molecular formula is C15H28N2O3. The van der Waals surface area contributed by atoms with Crippen molar-refractivity contribution in [3.05, 3.63) is 12.2 Å². The number of amides is 1. The average Bonchev–Trinajstić information content (AvgIpc) is 2.41. The number of nitrogens with two attached hydrogens (primary N) is 1. The van der Waals surface area contributed by atoms with Gasteiger partial charge in [0.2, 0.25) is 5.91 Å². The topological polar surface area (TPSA) is 92.4 Å². The molecule has 5 nitrogen and oxygen atoms in total. The summed E-state index contributed by atoms with van der Waals surface area (Å²) in [5.41, 5.74) is 5.38. The van der Waals surface area contributed by atoms with Crippen LogP contribution in [0.3, 0.4) is 0 Å². The van der Waals surface area contributed by atoms with Crippen LogP contribution in [0.1, 0.15) is 58.3 Å². The van der Waals surface area contributed by atoms with E-state index in [0.29, 0.717) is 25.8 Å². The summed E-state index contributed by atoms with van der Waals surface area (Å²) in [7, 11) is 0. The summed E-state index contributed by atoms with van der Waals surface area (Å²) in [5.74, 6) is -0.957. The quantitative estimate of drug-likeness (QED) is 0.378. The minimum atomic E-state index is -0.970. The zero-order valence-electron chi connectivity index (χ0n) is 12.4. The zero-order chi connectivity index (χ0) is 15.2. The number of carbonyl (C=O) groups is 2. The molecule has 1 atom stereocenters. The Morgan fingerprint density at radius 3 is 2.60 bits per heavy atom. The Kier molecular flexibility index (Phi) is 11.8. The molecule has 1 amide bonds. The highest BCUT2D eigenvalue weighted by molar-refractivity contribution is 5.77. The van der Waals surface area contributed by atoms with E-state index in [4.69, 9.17) is 10.8 Å². The number of carbonyl (C=O) groups excluding carboxylic acids is 1. The van der Waals surface area contributed by atoms with Gasteiger partial charge in [-0.05, 0) is 32.1 Å². The summed E-state index contributed by atoms with van der Waals surface area (Å²) in [5, 5.41) is 11.4. The van der Waals surface area contributed by atoms with Crippen molar-refractivity contribution in [3.63, 3.8) is 0 Å². The molecule has 4 N–H and O–H groups in total. The van der Waals surface area contributed by atoms with E-state index in [1.165, 1.54) is 19.3 Å². The van der Waals surface area contributed by atoms with Gasteiger partial charge in [-0.15, -0.1) is 0 Å². The maximum absolute atomic E-state index is 11.5. The van der Waals surface area contributed by atoms with Gasteiger partial charge < -0.3 is 16.2 Å². The Labute approximate surface area is 121 Å². The van der Waals surface area contributed by atoms with E-state index in [9.17, 15) is 9.59 Å². The van der Waals surface area contributed by atoms with Gasteiger partial charge in [0.05, 0.1) is 0 Å². The number of carboxylic acid groups (broad SMARTS) is 1. The van der Waals surface area contributed by atoms with E-state index < -0.39 is 12.0 Å². The average molecular weight is 284 g/mol. The fourth-order valence-electron chi connectivity index (χ4n) is 1.73. The maximum Gasteiger partial charge on any atom is 0.320 e. The number of aliphatic carboxylic acids is 1. The SMILES string of the molecule is CCCCC/C=C/CC(=O)NCCCC[C@H](N)C(=O)O. The summed E-state index contributed by atoms with van der Waals surface area (Å²) >= 11 is 0. The smallest absolute Gasteiger partial charge is 0.320 e. The van der Waals surface area contributed by atoms with E-state index in [2.05, 4.69) is 18.3 Å². The largest absolute Gasteiger partial charge is 0.480 e.